The van der Waals surface area contributed by atoms with Gasteiger partial charge in [0.25, 0.3) is 0 Å². The average molecular weight is 247 g/mol. The third-order valence-corrected chi connectivity index (χ3v) is 2.74. The van der Waals surface area contributed by atoms with Crippen molar-refractivity contribution in [1.82, 2.24) is 4.40 Å². The van der Waals surface area contributed by atoms with Crippen molar-refractivity contribution in [2.24, 2.45) is 0 Å². The minimum absolute atomic E-state index is 0.147. The number of rotatable bonds is 2. The first-order valence-electron chi connectivity index (χ1n) is 5.58. The Kier molecular flexibility index (Phi) is 3.06. The number of esters is 1. The molecular weight excluding hydrogens is 234 g/mol. The Morgan fingerprint density at radius 1 is 1.44 bits per heavy atom. The Balaban J connectivity index is 2.83. The van der Waals surface area contributed by atoms with Gasteiger partial charge < -0.3 is 9.84 Å². The second-order valence-corrected chi connectivity index (χ2v) is 3.83. The van der Waals surface area contributed by atoms with Gasteiger partial charge in [0.15, 0.2) is 5.56 Å². The van der Waals surface area contributed by atoms with Gasteiger partial charge in [0.05, 0.1) is 12.1 Å². The molecule has 2 aromatic heterocycles. The second kappa shape index (κ2) is 4.52. The molecule has 2 heterocycles. The fourth-order valence-electron chi connectivity index (χ4n) is 1.85. The highest BCUT2D eigenvalue weighted by Gasteiger charge is 2.21. The molecule has 5 nitrogen and oxygen atoms in total. The standard InChI is InChI=1S/C13H13NO4/c1-3-18-13(17)10-11(15)8(2)9-6-4-5-7-14(9)12(10)16/h4-7,16H,3H2,1-2H3. The van der Waals surface area contributed by atoms with Gasteiger partial charge in [0.2, 0.25) is 11.3 Å². The van der Waals surface area contributed by atoms with Crippen LogP contribution < -0.4 is 5.43 Å². The third kappa shape index (κ3) is 1.73. The van der Waals surface area contributed by atoms with Crippen molar-refractivity contribution in [3.8, 4) is 5.88 Å². The van der Waals surface area contributed by atoms with Crippen LogP contribution in [0.2, 0.25) is 0 Å². The van der Waals surface area contributed by atoms with Crippen molar-refractivity contribution in [1.29, 1.82) is 0 Å². The van der Waals surface area contributed by atoms with Crippen LogP contribution in [0.15, 0.2) is 29.2 Å². The summed E-state index contributed by atoms with van der Waals surface area (Å²) in [6, 6.07) is 5.15. The van der Waals surface area contributed by atoms with Crippen LogP contribution in [0.5, 0.6) is 5.88 Å². The molecule has 2 aromatic rings. The van der Waals surface area contributed by atoms with Crippen molar-refractivity contribution >= 4 is 11.5 Å². The predicted molar refractivity (Wildman–Crippen MR) is 66.0 cm³/mol. The molecule has 0 fully saturated rings. The van der Waals surface area contributed by atoms with Crippen molar-refractivity contribution in [2.45, 2.75) is 13.8 Å². The fraction of sp³-hybridized carbons (Fsp3) is 0.231. The lowest BCUT2D eigenvalue weighted by Gasteiger charge is -2.10. The van der Waals surface area contributed by atoms with E-state index in [0.29, 0.717) is 11.1 Å². The average Bonchev–Trinajstić information content (AvgIpc) is 2.37. The van der Waals surface area contributed by atoms with E-state index in [1.807, 2.05) is 0 Å². The van der Waals surface area contributed by atoms with Crippen molar-refractivity contribution < 1.29 is 14.6 Å². The van der Waals surface area contributed by atoms with Gasteiger partial charge in [-0.2, -0.15) is 0 Å². The predicted octanol–water partition coefficient (Wildman–Crippen LogP) is 1.49. The summed E-state index contributed by atoms with van der Waals surface area (Å²) in [5, 5.41) is 10.0. The number of aromatic hydroxyl groups is 1. The molecule has 0 atom stereocenters. The first kappa shape index (κ1) is 12.2. The first-order valence-corrected chi connectivity index (χ1v) is 5.58. The van der Waals surface area contributed by atoms with Gasteiger partial charge in [-0.3, -0.25) is 9.20 Å². The topological polar surface area (TPSA) is 68.0 Å². The molecule has 0 bridgehead atoms. The Labute approximate surface area is 103 Å². The number of nitrogens with zero attached hydrogens (tertiary/aromatic N) is 1. The first-order chi connectivity index (χ1) is 8.57. The second-order valence-electron chi connectivity index (χ2n) is 3.83. The number of ether oxygens (including phenoxy) is 1. The quantitative estimate of drug-likeness (QED) is 0.816. The lowest BCUT2D eigenvalue weighted by molar-refractivity contribution is 0.0520. The molecule has 0 radical (unpaired) electrons. The maximum absolute atomic E-state index is 12.0. The molecule has 0 amide bonds. The normalized spacial score (nSPS) is 10.6. The highest BCUT2D eigenvalue weighted by molar-refractivity contribution is 5.92. The van der Waals surface area contributed by atoms with Gasteiger partial charge in [-0.25, -0.2) is 4.79 Å². The van der Waals surface area contributed by atoms with Crippen LogP contribution in [0, 0.1) is 6.92 Å². The molecule has 0 saturated carbocycles. The molecule has 0 aliphatic rings. The highest BCUT2D eigenvalue weighted by atomic mass is 16.5. The lowest BCUT2D eigenvalue weighted by atomic mass is 10.1. The van der Waals surface area contributed by atoms with Gasteiger partial charge in [-0.05, 0) is 26.0 Å². The molecule has 2 rings (SSSR count). The minimum Gasteiger partial charge on any atom is -0.493 e. The molecular formula is C13H13NO4. The maximum Gasteiger partial charge on any atom is 0.347 e. The van der Waals surface area contributed by atoms with E-state index in [1.54, 1.807) is 38.2 Å². The van der Waals surface area contributed by atoms with Crippen LogP contribution in [-0.4, -0.2) is 22.1 Å². The zero-order valence-electron chi connectivity index (χ0n) is 10.1. The molecule has 18 heavy (non-hydrogen) atoms. The number of aryl methyl sites for hydroxylation is 1. The monoisotopic (exact) mass is 247 g/mol. The largest absolute Gasteiger partial charge is 0.493 e. The Hall–Kier alpha value is -2.30. The van der Waals surface area contributed by atoms with Crippen LogP contribution in [0.4, 0.5) is 0 Å². The number of hydrogen-bond donors (Lipinski definition) is 1. The SMILES string of the molecule is CCOC(=O)c1c(O)n2ccccc2c(C)c1=O. The summed E-state index contributed by atoms with van der Waals surface area (Å²) in [4.78, 5) is 23.7. The smallest absolute Gasteiger partial charge is 0.347 e. The van der Waals surface area contributed by atoms with Gasteiger partial charge in [-0.1, -0.05) is 6.07 Å². The maximum atomic E-state index is 12.0. The summed E-state index contributed by atoms with van der Waals surface area (Å²) in [7, 11) is 0. The van der Waals surface area contributed by atoms with Gasteiger partial charge in [-0.15, -0.1) is 0 Å². The van der Waals surface area contributed by atoms with Gasteiger partial charge in [0.1, 0.15) is 0 Å². The molecule has 0 saturated heterocycles. The Morgan fingerprint density at radius 2 is 2.17 bits per heavy atom. The number of aromatic nitrogens is 1. The van der Waals surface area contributed by atoms with Crippen LogP contribution in [0.25, 0.3) is 5.52 Å². The molecule has 94 valence electrons. The number of fused-ring (bicyclic) bond motifs is 1. The highest BCUT2D eigenvalue weighted by Crippen LogP contribution is 2.19. The van der Waals surface area contributed by atoms with E-state index in [9.17, 15) is 14.7 Å². The van der Waals surface area contributed by atoms with E-state index in [4.69, 9.17) is 4.74 Å². The number of carbonyl (C=O) groups is 1. The molecule has 0 aliphatic carbocycles. The summed E-state index contributed by atoms with van der Waals surface area (Å²) < 4.78 is 6.17. The molecule has 0 unspecified atom stereocenters. The van der Waals surface area contributed by atoms with Crippen molar-refractivity contribution in [3.63, 3.8) is 0 Å². The minimum atomic E-state index is -0.804. The molecule has 0 aliphatic heterocycles. The van der Waals surface area contributed by atoms with E-state index in [-0.39, 0.29) is 18.1 Å². The lowest BCUT2D eigenvalue weighted by Crippen LogP contribution is -2.21. The molecule has 1 N–H and O–H groups in total. The van der Waals surface area contributed by atoms with E-state index in [0.717, 1.165) is 0 Å². The van der Waals surface area contributed by atoms with E-state index in [1.165, 1.54) is 4.40 Å². The summed E-state index contributed by atoms with van der Waals surface area (Å²) in [5.41, 5.74) is 0.139. The Bertz CT molecular complexity index is 672. The number of carbonyl (C=O) groups excluding carboxylic acids is 1. The summed E-state index contributed by atoms with van der Waals surface area (Å²) >= 11 is 0. The van der Waals surface area contributed by atoms with Gasteiger partial charge in [0, 0.05) is 11.8 Å². The van der Waals surface area contributed by atoms with E-state index < -0.39 is 11.4 Å². The van der Waals surface area contributed by atoms with Gasteiger partial charge >= 0.3 is 5.97 Å². The zero-order valence-corrected chi connectivity index (χ0v) is 10.1. The fourth-order valence-corrected chi connectivity index (χ4v) is 1.85. The molecule has 0 spiro atoms. The third-order valence-electron chi connectivity index (χ3n) is 2.74. The van der Waals surface area contributed by atoms with E-state index >= 15 is 0 Å². The van der Waals surface area contributed by atoms with Crippen LogP contribution in [-0.2, 0) is 4.74 Å². The summed E-state index contributed by atoms with van der Waals surface area (Å²) in [6.07, 6.45) is 1.58. The zero-order chi connectivity index (χ0) is 13.3. The van der Waals surface area contributed by atoms with Crippen molar-refractivity contribution in [3.05, 3.63) is 45.7 Å². The Morgan fingerprint density at radius 3 is 2.83 bits per heavy atom. The van der Waals surface area contributed by atoms with Crippen LogP contribution in [0.3, 0.4) is 0 Å². The molecule has 0 aromatic carbocycles. The van der Waals surface area contributed by atoms with E-state index in [2.05, 4.69) is 0 Å². The number of pyridine rings is 2. The van der Waals surface area contributed by atoms with Crippen LogP contribution in [0.1, 0.15) is 22.8 Å². The van der Waals surface area contributed by atoms with Crippen LogP contribution >= 0.6 is 0 Å². The molecule has 5 heteroatoms. The van der Waals surface area contributed by atoms with Crippen molar-refractivity contribution in [2.75, 3.05) is 6.61 Å². The summed E-state index contributed by atoms with van der Waals surface area (Å²) in [6.45, 7) is 3.40. The number of hydrogen-bond acceptors (Lipinski definition) is 4. The summed E-state index contributed by atoms with van der Waals surface area (Å²) in [5.74, 6) is -1.19.